The van der Waals surface area contributed by atoms with E-state index in [0.717, 1.165) is 24.0 Å². The van der Waals surface area contributed by atoms with Crippen LogP contribution in [0.1, 0.15) is 24.0 Å². The molecule has 0 bridgehead atoms. The number of hydrogen-bond acceptors (Lipinski definition) is 1. The van der Waals surface area contributed by atoms with Crippen molar-refractivity contribution >= 4 is 15.9 Å². The minimum atomic E-state index is -0.217. The van der Waals surface area contributed by atoms with Crippen LogP contribution in [0.3, 0.4) is 0 Å². The summed E-state index contributed by atoms with van der Waals surface area (Å²) in [5.74, 6) is -0.217. The molecular weight excluding hydrogens is 233 g/mol. The lowest BCUT2D eigenvalue weighted by Crippen LogP contribution is -2.20. The molecule has 1 aliphatic carbocycles. The zero-order chi connectivity index (χ0) is 9.64. The maximum atomic E-state index is 13.1. The summed E-state index contributed by atoms with van der Waals surface area (Å²) in [5, 5.41) is 0. The fourth-order valence-electron chi connectivity index (χ4n) is 1.60. The molecule has 0 unspecified atom stereocenters. The number of hydrogen-bond donors (Lipinski definition) is 1. The summed E-state index contributed by atoms with van der Waals surface area (Å²) in [7, 11) is 0. The summed E-state index contributed by atoms with van der Waals surface area (Å²) in [5.41, 5.74) is 7.86. The molecular formula is C10H11BrFN. The number of halogens is 2. The monoisotopic (exact) mass is 243 g/mol. The first kappa shape index (κ1) is 9.16. The Bertz CT molecular complexity index is 358. The van der Waals surface area contributed by atoms with Crippen LogP contribution < -0.4 is 5.73 Å². The van der Waals surface area contributed by atoms with Gasteiger partial charge in [0.05, 0.1) is 4.47 Å². The van der Waals surface area contributed by atoms with Crippen LogP contribution in [0.2, 0.25) is 0 Å². The van der Waals surface area contributed by atoms with E-state index in [9.17, 15) is 4.39 Å². The van der Waals surface area contributed by atoms with Crippen molar-refractivity contribution in [1.29, 1.82) is 0 Å². The Morgan fingerprint density at radius 1 is 1.46 bits per heavy atom. The third-order valence-electron chi connectivity index (χ3n) is 2.66. The number of nitrogens with two attached hydrogens (primary N) is 1. The maximum Gasteiger partial charge on any atom is 0.137 e. The molecule has 70 valence electrons. The van der Waals surface area contributed by atoms with Crippen LogP contribution in [0.4, 0.5) is 4.39 Å². The van der Waals surface area contributed by atoms with Crippen molar-refractivity contribution in [2.45, 2.75) is 25.3 Å². The molecule has 13 heavy (non-hydrogen) atoms. The summed E-state index contributed by atoms with van der Waals surface area (Å²) in [6.45, 7) is 1.90. The van der Waals surface area contributed by atoms with Crippen molar-refractivity contribution in [2.75, 3.05) is 0 Å². The predicted octanol–water partition coefficient (Wildman–Crippen LogP) is 2.84. The number of benzene rings is 1. The largest absolute Gasteiger partial charge is 0.321 e. The Morgan fingerprint density at radius 3 is 2.62 bits per heavy atom. The van der Waals surface area contributed by atoms with Gasteiger partial charge in [-0.3, -0.25) is 0 Å². The smallest absolute Gasteiger partial charge is 0.137 e. The Balaban J connectivity index is 2.54. The highest BCUT2D eigenvalue weighted by molar-refractivity contribution is 9.10. The molecule has 0 radical (unpaired) electrons. The molecule has 2 rings (SSSR count). The SMILES string of the molecule is Cc1c(C2(N)CC2)ccc(F)c1Br. The maximum absolute atomic E-state index is 13.1. The van der Waals surface area contributed by atoms with Crippen molar-refractivity contribution in [3.05, 3.63) is 33.5 Å². The molecule has 1 aliphatic rings. The Kier molecular flexibility index (Phi) is 1.96. The molecule has 3 heteroatoms. The quantitative estimate of drug-likeness (QED) is 0.807. The van der Waals surface area contributed by atoms with E-state index in [-0.39, 0.29) is 11.4 Å². The van der Waals surface area contributed by atoms with Gasteiger partial charge in [-0.15, -0.1) is 0 Å². The summed E-state index contributed by atoms with van der Waals surface area (Å²) in [6.07, 6.45) is 2.01. The van der Waals surface area contributed by atoms with Gasteiger partial charge in [-0.25, -0.2) is 4.39 Å². The van der Waals surface area contributed by atoms with Gasteiger partial charge in [0, 0.05) is 5.54 Å². The third-order valence-corrected chi connectivity index (χ3v) is 3.64. The van der Waals surface area contributed by atoms with Crippen molar-refractivity contribution in [3.63, 3.8) is 0 Å². The van der Waals surface area contributed by atoms with Gasteiger partial charge in [0.1, 0.15) is 5.82 Å². The molecule has 0 saturated heterocycles. The zero-order valence-electron chi connectivity index (χ0n) is 7.40. The molecule has 0 atom stereocenters. The van der Waals surface area contributed by atoms with E-state index in [1.807, 2.05) is 6.92 Å². The first-order valence-corrected chi connectivity index (χ1v) is 5.08. The van der Waals surface area contributed by atoms with Gasteiger partial charge >= 0.3 is 0 Å². The molecule has 0 spiro atoms. The Morgan fingerprint density at radius 2 is 2.08 bits per heavy atom. The summed E-state index contributed by atoms with van der Waals surface area (Å²) in [4.78, 5) is 0. The molecule has 0 heterocycles. The average molecular weight is 244 g/mol. The second-order valence-corrected chi connectivity index (χ2v) is 4.48. The van der Waals surface area contributed by atoms with Gasteiger partial charge in [0.2, 0.25) is 0 Å². The molecule has 1 fully saturated rings. The predicted molar refractivity (Wildman–Crippen MR) is 53.9 cm³/mol. The first-order valence-electron chi connectivity index (χ1n) is 4.28. The molecule has 0 amide bonds. The van der Waals surface area contributed by atoms with E-state index in [2.05, 4.69) is 15.9 Å². The third kappa shape index (κ3) is 1.40. The van der Waals surface area contributed by atoms with Crippen LogP contribution in [0.25, 0.3) is 0 Å². The normalized spacial score (nSPS) is 18.8. The Labute approximate surface area is 85.3 Å². The van der Waals surface area contributed by atoms with Gasteiger partial charge in [-0.05, 0) is 52.9 Å². The van der Waals surface area contributed by atoms with E-state index < -0.39 is 0 Å². The number of rotatable bonds is 1. The lowest BCUT2D eigenvalue weighted by atomic mass is 10.00. The van der Waals surface area contributed by atoms with Crippen LogP contribution in [0.5, 0.6) is 0 Å². The molecule has 1 aromatic carbocycles. The van der Waals surface area contributed by atoms with Crippen LogP contribution in [0.15, 0.2) is 16.6 Å². The lowest BCUT2D eigenvalue weighted by Gasteiger charge is -2.14. The van der Waals surface area contributed by atoms with Crippen molar-refractivity contribution in [3.8, 4) is 0 Å². The molecule has 1 saturated carbocycles. The minimum absolute atomic E-state index is 0.180. The highest BCUT2D eigenvalue weighted by Crippen LogP contribution is 2.45. The molecule has 0 aromatic heterocycles. The van der Waals surface area contributed by atoms with E-state index in [1.165, 1.54) is 6.07 Å². The zero-order valence-corrected chi connectivity index (χ0v) is 8.99. The van der Waals surface area contributed by atoms with Crippen LogP contribution in [-0.4, -0.2) is 0 Å². The fourth-order valence-corrected chi connectivity index (χ4v) is 1.94. The fraction of sp³-hybridized carbons (Fsp3) is 0.400. The van der Waals surface area contributed by atoms with Crippen LogP contribution in [-0.2, 0) is 5.54 Å². The second kappa shape index (κ2) is 2.79. The van der Waals surface area contributed by atoms with Crippen molar-refractivity contribution in [1.82, 2.24) is 0 Å². The average Bonchev–Trinajstić information content (AvgIpc) is 2.80. The van der Waals surface area contributed by atoms with E-state index in [4.69, 9.17) is 5.73 Å². The molecule has 1 aromatic rings. The summed E-state index contributed by atoms with van der Waals surface area (Å²) in [6, 6.07) is 3.27. The Hall–Kier alpha value is -0.410. The second-order valence-electron chi connectivity index (χ2n) is 3.69. The summed E-state index contributed by atoms with van der Waals surface area (Å²) >= 11 is 3.22. The first-order chi connectivity index (χ1) is 6.04. The topological polar surface area (TPSA) is 26.0 Å². The van der Waals surface area contributed by atoms with Crippen molar-refractivity contribution < 1.29 is 4.39 Å². The van der Waals surface area contributed by atoms with Gasteiger partial charge in [0.25, 0.3) is 0 Å². The summed E-state index contributed by atoms with van der Waals surface area (Å²) < 4.78 is 13.6. The minimum Gasteiger partial charge on any atom is -0.321 e. The highest BCUT2D eigenvalue weighted by Gasteiger charge is 2.41. The highest BCUT2D eigenvalue weighted by atomic mass is 79.9. The van der Waals surface area contributed by atoms with Gasteiger partial charge in [-0.1, -0.05) is 6.07 Å². The molecule has 2 N–H and O–H groups in total. The van der Waals surface area contributed by atoms with Gasteiger partial charge in [0.15, 0.2) is 0 Å². The van der Waals surface area contributed by atoms with Gasteiger partial charge in [-0.2, -0.15) is 0 Å². The van der Waals surface area contributed by atoms with Crippen LogP contribution >= 0.6 is 15.9 Å². The molecule has 0 aliphatic heterocycles. The van der Waals surface area contributed by atoms with Crippen molar-refractivity contribution in [2.24, 2.45) is 5.73 Å². The van der Waals surface area contributed by atoms with E-state index in [1.54, 1.807) is 6.07 Å². The van der Waals surface area contributed by atoms with Gasteiger partial charge < -0.3 is 5.73 Å². The van der Waals surface area contributed by atoms with Crippen LogP contribution in [0, 0.1) is 12.7 Å². The standard InChI is InChI=1S/C10H11BrFN/c1-6-7(10(13)4-5-10)2-3-8(12)9(6)11/h2-3H,4-5,13H2,1H3. The molecule has 1 nitrogen and oxygen atoms in total. The lowest BCUT2D eigenvalue weighted by molar-refractivity contribution is 0.615. The van der Waals surface area contributed by atoms with E-state index >= 15 is 0 Å². The van der Waals surface area contributed by atoms with E-state index in [0.29, 0.717) is 4.47 Å².